The highest BCUT2D eigenvalue weighted by Crippen LogP contribution is 2.18. The maximum absolute atomic E-state index is 13.5. The summed E-state index contributed by atoms with van der Waals surface area (Å²) in [4.78, 5) is 31.0. The zero-order valence-electron chi connectivity index (χ0n) is 19.3. The number of thiophene rings is 1. The number of anilines is 1. The van der Waals surface area contributed by atoms with E-state index in [2.05, 4.69) is 21.2 Å². The van der Waals surface area contributed by atoms with Gasteiger partial charge in [0.25, 0.3) is 0 Å². The van der Waals surface area contributed by atoms with Crippen molar-refractivity contribution < 1.29 is 14.3 Å². The molecule has 0 saturated carbocycles. The Morgan fingerprint density at radius 1 is 1.00 bits per heavy atom. The summed E-state index contributed by atoms with van der Waals surface area (Å²) in [6, 6.07) is 21.0. The molecule has 3 rings (SSSR count). The third-order valence-electron chi connectivity index (χ3n) is 5.11. The quantitative estimate of drug-likeness (QED) is 0.285. The summed E-state index contributed by atoms with van der Waals surface area (Å²) >= 11 is 5.05. The van der Waals surface area contributed by atoms with Crippen molar-refractivity contribution in [1.29, 1.82) is 0 Å². The van der Waals surface area contributed by atoms with Crippen molar-refractivity contribution in [3.05, 3.63) is 87.0 Å². The second kappa shape index (κ2) is 13.9. The highest BCUT2D eigenvalue weighted by atomic mass is 79.9. The largest absolute Gasteiger partial charge is 0.382 e. The highest BCUT2D eigenvalue weighted by Gasteiger charge is 2.22. The van der Waals surface area contributed by atoms with Gasteiger partial charge >= 0.3 is 6.03 Å². The number of halogens is 1. The van der Waals surface area contributed by atoms with E-state index in [0.29, 0.717) is 45.0 Å². The van der Waals surface area contributed by atoms with Crippen LogP contribution in [0.4, 0.5) is 10.5 Å². The molecule has 0 bridgehead atoms. The van der Waals surface area contributed by atoms with Gasteiger partial charge < -0.3 is 19.9 Å². The minimum Gasteiger partial charge on any atom is -0.382 e. The van der Waals surface area contributed by atoms with Crippen molar-refractivity contribution in [2.24, 2.45) is 0 Å². The molecule has 0 aliphatic heterocycles. The zero-order valence-corrected chi connectivity index (χ0v) is 21.7. The molecule has 180 valence electrons. The molecule has 1 heterocycles. The summed E-state index contributed by atoms with van der Waals surface area (Å²) in [7, 11) is 0. The van der Waals surface area contributed by atoms with E-state index in [1.54, 1.807) is 16.2 Å². The topological polar surface area (TPSA) is 61.9 Å². The molecule has 0 aliphatic rings. The Bertz CT molecular complexity index is 1030. The summed E-state index contributed by atoms with van der Waals surface area (Å²) < 4.78 is 6.31. The molecule has 0 spiro atoms. The lowest BCUT2D eigenvalue weighted by Gasteiger charge is -2.28. The third kappa shape index (κ3) is 8.59. The lowest BCUT2D eigenvalue weighted by atomic mass is 10.2. The molecule has 0 radical (unpaired) electrons. The first-order chi connectivity index (χ1) is 16.5. The van der Waals surface area contributed by atoms with Gasteiger partial charge in [0.2, 0.25) is 5.91 Å². The Balaban J connectivity index is 1.73. The number of rotatable bonds is 12. The molecule has 0 atom stereocenters. The molecule has 0 aliphatic carbocycles. The van der Waals surface area contributed by atoms with Gasteiger partial charge in [0, 0.05) is 41.3 Å². The lowest BCUT2D eigenvalue weighted by molar-refractivity contribution is -0.133. The van der Waals surface area contributed by atoms with Gasteiger partial charge in [0.1, 0.15) is 6.54 Å². The first kappa shape index (κ1) is 25.9. The van der Waals surface area contributed by atoms with Crippen molar-refractivity contribution in [1.82, 2.24) is 9.80 Å². The number of hydrogen-bond acceptors (Lipinski definition) is 4. The predicted molar refractivity (Wildman–Crippen MR) is 141 cm³/mol. The molecule has 1 aromatic heterocycles. The fraction of sp³-hybridized carbons (Fsp3) is 0.308. The average molecular weight is 545 g/mol. The van der Waals surface area contributed by atoms with Crippen molar-refractivity contribution in [2.75, 3.05) is 31.6 Å². The van der Waals surface area contributed by atoms with Crippen LogP contribution in [0.25, 0.3) is 0 Å². The molecule has 0 fully saturated rings. The van der Waals surface area contributed by atoms with Gasteiger partial charge in [-0.15, -0.1) is 11.3 Å². The number of carbonyl (C=O) groups is 2. The van der Waals surface area contributed by atoms with Crippen LogP contribution in [0.3, 0.4) is 0 Å². The van der Waals surface area contributed by atoms with Gasteiger partial charge in [-0.2, -0.15) is 0 Å². The number of carbonyl (C=O) groups excluding carboxylic acids is 2. The van der Waals surface area contributed by atoms with Crippen molar-refractivity contribution in [3.63, 3.8) is 0 Å². The summed E-state index contributed by atoms with van der Waals surface area (Å²) in [5.74, 6) is -0.0990. The molecule has 8 heteroatoms. The van der Waals surface area contributed by atoms with Gasteiger partial charge in [-0.05, 0) is 48.6 Å². The standard InChI is InChI=1S/C26H30BrN3O3S/c1-2-33-15-8-14-29(26(32)28-23-12-6-11-22(27)17-23)20-25(31)30(19-24-13-7-16-34-24)18-21-9-4-3-5-10-21/h3-7,9-13,16-17H,2,8,14-15,18-20H2,1H3,(H,28,32). The van der Waals surface area contributed by atoms with Crippen LogP contribution in [0.15, 0.2) is 76.6 Å². The van der Waals surface area contributed by atoms with Crippen LogP contribution in [-0.2, 0) is 22.6 Å². The summed E-state index contributed by atoms with van der Waals surface area (Å²) in [6.45, 7) is 4.49. The summed E-state index contributed by atoms with van der Waals surface area (Å²) in [5.41, 5.74) is 1.72. The molecule has 0 unspecified atom stereocenters. The van der Waals surface area contributed by atoms with E-state index in [1.165, 1.54) is 0 Å². The maximum atomic E-state index is 13.5. The van der Waals surface area contributed by atoms with Crippen molar-refractivity contribution in [2.45, 2.75) is 26.4 Å². The van der Waals surface area contributed by atoms with Gasteiger partial charge in [0.05, 0.1) is 6.54 Å². The molecule has 34 heavy (non-hydrogen) atoms. The normalized spacial score (nSPS) is 10.6. The van der Waals surface area contributed by atoms with Crippen molar-refractivity contribution >= 4 is 44.9 Å². The SMILES string of the molecule is CCOCCCN(CC(=O)N(Cc1ccccc1)Cc1cccs1)C(=O)Nc1cccc(Br)c1. The lowest BCUT2D eigenvalue weighted by Crippen LogP contribution is -2.44. The monoisotopic (exact) mass is 543 g/mol. The third-order valence-corrected chi connectivity index (χ3v) is 6.46. The highest BCUT2D eigenvalue weighted by molar-refractivity contribution is 9.10. The number of hydrogen-bond donors (Lipinski definition) is 1. The van der Waals surface area contributed by atoms with Crippen LogP contribution in [0.5, 0.6) is 0 Å². The molecule has 2 aromatic carbocycles. The Morgan fingerprint density at radius 3 is 2.53 bits per heavy atom. The number of urea groups is 1. The van der Waals surface area contributed by atoms with E-state index in [1.807, 2.05) is 83.9 Å². The molecule has 1 N–H and O–H groups in total. The van der Waals surface area contributed by atoms with E-state index in [0.717, 1.165) is 14.9 Å². The van der Waals surface area contributed by atoms with Gasteiger partial charge in [0.15, 0.2) is 0 Å². The van der Waals surface area contributed by atoms with Crippen molar-refractivity contribution in [3.8, 4) is 0 Å². The number of nitrogens with one attached hydrogen (secondary N) is 1. The Hall–Kier alpha value is -2.68. The zero-order chi connectivity index (χ0) is 24.2. The second-order valence-electron chi connectivity index (χ2n) is 7.73. The van der Waals surface area contributed by atoms with Crippen LogP contribution in [0.1, 0.15) is 23.8 Å². The molecule has 3 amide bonds. The van der Waals surface area contributed by atoms with Gasteiger partial charge in [-0.1, -0.05) is 58.4 Å². The second-order valence-corrected chi connectivity index (χ2v) is 9.68. The first-order valence-electron chi connectivity index (χ1n) is 11.3. The molecular formula is C26H30BrN3O3S. The average Bonchev–Trinajstić information content (AvgIpc) is 3.34. The Labute approximate surface area is 213 Å². The smallest absolute Gasteiger partial charge is 0.322 e. The van der Waals surface area contributed by atoms with E-state index in [-0.39, 0.29) is 18.5 Å². The van der Waals surface area contributed by atoms with E-state index >= 15 is 0 Å². The molecule has 3 aromatic rings. The number of benzene rings is 2. The molecule has 0 saturated heterocycles. The van der Waals surface area contributed by atoms with Crippen LogP contribution >= 0.6 is 27.3 Å². The fourth-order valence-corrected chi connectivity index (χ4v) is 4.53. The Morgan fingerprint density at radius 2 is 1.82 bits per heavy atom. The van der Waals surface area contributed by atoms with Crippen LogP contribution in [0, 0.1) is 0 Å². The van der Waals surface area contributed by atoms with E-state index in [9.17, 15) is 9.59 Å². The number of nitrogens with zero attached hydrogens (tertiary/aromatic N) is 2. The van der Waals surface area contributed by atoms with Crippen LogP contribution in [0.2, 0.25) is 0 Å². The fourth-order valence-electron chi connectivity index (χ4n) is 3.41. The first-order valence-corrected chi connectivity index (χ1v) is 13.0. The molecular weight excluding hydrogens is 514 g/mol. The summed E-state index contributed by atoms with van der Waals surface area (Å²) in [5, 5.41) is 4.92. The minimum atomic E-state index is -0.307. The summed E-state index contributed by atoms with van der Waals surface area (Å²) in [6.07, 6.45) is 0.649. The minimum absolute atomic E-state index is 0.00975. The van der Waals surface area contributed by atoms with Crippen LogP contribution < -0.4 is 5.32 Å². The predicted octanol–water partition coefficient (Wildman–Crippen LogP) is 6.00. The van der Waals surface area contributed by atoms with E-state index in [4.69, 9.17) is 4.74 Å². The Kier molecular flexibility index (Phi) is 10.6. The van der Waals surface area contributed by atoms with Gasteiger partial charge in [-0.3, -0.25) is 4.79 Å². The number of ether oxygens (including phenoxy) is 1. The maximum Gasteiger partial charge on any atom is 0.322 e. The van der Waals surface area contributed by atoms with E-state index < -0.39 is 0 Å². The van der Waals surface area contributed by atoms with Gasteiger partial charge in [-0.25, -0.2) is 4.79 Å². The molecule has 6 nitrogen and oxygen atoms in total. The number of amides is 3. The van der Waals surface area contributed by atoms with Crippen LogP contribution in [-0.4, -0.2) is 48.0 Å².